The fourth-order valence-electron chi connectivity index (χ4n) is 1.98. The molecule has 0 aliphatic carbocycles. The molecule has 4 nitrogen and oxygen atoms in total. The Bertz CT molecular complexity index is 524. The van der Waals surface area contributed by atoms with Gasteiger partial charge in [-0.1, -0.05) is 6.07 Å². The lowest BCUT2D eigenvalue weighted by Crippen LogP contribution is -2.32. The molecule has 0 aromatic carbocycles. The fourth-order valence-corrected chi connectivity index (χ4v) is 2.80. The van der Waals surface area contributed by atoms with E-state index in [1.54, 1.807) is 11.3 Å². The molecule has 102 valence electrons. The second-order valence-electron chi connectivity index (χ2n) is 4.69. The molecule has 0 spiro atoms. The monoisotopic (exact) mass is 276 g/mol. The number of hydrogen-bond acceptors (Lipinski definition) is 5. The molecule has 0 fully saturated rings. The Balaban J connectivity index is 2.16. The second kappa shape index (κ2) is 6.02. The summed E-state index contributed by atoms with van der Waals surface area (Å²) in [5, 5.41) is 5.11. The number of thiophene rings is 1. The summed E-state index contributed by atoms with van der Waals surface area (Å²) in [6, 6.07) is 4.68. The largest absolute Gasteiger partial charge is 0.357 e. The predicted molar refractivity (Wildman–Crippen MR) is 82.2 cm³/mol. The van der Waals surface area contributed by atoms with Crippen molar-refractivity contribution in [1.82, 2.24) is 9.97 Å². The average molecular weight is 276 g/mol. The van der Waals surface area contributed by atoms with Crippen LogP contribution in [0.15, 0.2) is 23.7 Å². The van der Waals surface area contributed by atoms with Crippen LogP contribution in [-0.4, -0.2) is 30.1 Å². The van der Waals surface area contributed by atoms with E-state index in [1.807, 2.05) is 20.2 Å². The molecule has 0 aliphatic rings. The summed E-state index contributed by atoms with van der Waals surface area (Å²) < 4.78 is 0. The molecule has 2 rings (SSSR count). The summed E-state index contributed by atoms with van der Waals surface area (Å²) in [5.74, 6) is 1.65. The standard InChI is InChI=1S/C14H20N4S/c1-10-9-16-14(15-3)17-13(10)18(4)11(2)8-12-6-5-7-19-12/h5-7,9,11H,8H2,1-4H3,(H,15,16,17). The number of nitrogens with one attached hydrogen (secondary N) is 1. The molecule has 5 heteroatoms. The van der Waals surface area contributed by atoms with Crippen LogP contribution in [0.2, 0.25) is 0 Å². The van der Waals surface area contributed by atoms with Crippen LogP contribution in [-0.2, 0) is 6.42 Å². The van der Waals surface area contributed by atoms with E-state index in [4.69, 9.17) is 0 Å². The molecule has 0 bridgehead atoms. The third-order valence-electron chi connectivity index (χ3n) is 3.24. The van der Waals surface area contributed by atoms with Gasteiger partial charge in [-0.15, -0.1) is 11.3 Å². The van der Waals surface area contributed by atoms with Crippen LogP contribution in [0.1, 0.15) is 17.4 Å². The zero-order chi connectivity index (χ0) is 13.8. The van der Waals surface area contributed by atoms with Gasteiger partial charge in [0.05, 0.1) is 0 Å². The highest BCUT2D eigenvalue weighted by molar-refractivity contribution is 7.09. The average Bonchev–Trinajstić information content (AvgIpc) is 2.91. The maximum atomic E-state index is 4.55. The molecule has 2 heterocycles. The summed E-state index contributed by atoms with van der Waals surface area (Å²) in [6.07, 6.45) is 2.90. The summed E-state index contributed by atoms with van der Waals surface area (Å²) in [4.78, 5) is 12.4. The van der Waals surface area contributed by atoms with Crippen molar-refractivity contribution >= 4 is 23.1 Å². The molecule has 19 heavy (non-hydrogen) atoms. The third-order valence-corrected chi connectivity index (χ3v) is 4.14. The molecule has 0 aliphatic heterocycles. The molecule has 0 saturated heterocycles. The molecule has 0 saturated carbocycles. The highest BCUT2D eigenvalue weighted by atomic mass is 32.1. The van der Waals surface area contributed by atoms with Crippen LogP contribution in [0.4, 0.5) is 11.8 Å². The van der Waals surface area contributed by atoms with Gasteiger partial charge in [0.2, 0.25) is 5.95 Å². The van der Waals surface area contributed by atoms with Gasteiger partial charge in [-0.3, -0.25) is 0 Å². The number of aromatic nitrogens is 2. The Hall–Kier alpha value is -1.62. The summed E-state index contributed by atoms with van der Waals surface area (Å²) >= 11 is 1.80. The van der Waals surface area contributed by atoms with E-state index in [0.29, 0.717) is 12.0 Å². The van der Waals surface area contributed by atoms with Gasteiger partial charge in [0.15, 0.2) is 0 Å². The number of likely N-dealkylation sites (N-methyl/N-ethyl adjacent to an activating group) is 1. The van der Waals surface area contributed by atoms with Gasteiger partial charge in [0, 0.05) is 43.2 Å². The van der Waals surface area contributed by atoms with E-state index in [9.17, 15) is 0 Å². The first-order valence-electron chi connectivity index (χ1n) is 6.38. The lowest BCUT2D eigenvalue weighted by atomic mass is 10.1. The van der Waals surface area contributed by atoms with Crippen molar-refractivity contribution in [1.29, 1.82) is 0 Å². The lowest BCUT2D eigenvalue weighted by Gasteiger charge is -2.27. The first kappa shape index (κ1) is 13.8. The maximum Gasteiger partial charge on any atom is 0.224 e. The first-order chi connectivity index (χ1) is 9.11. The molecular weight excluding hydrogens is 256 g/mol. The topological polar surface area (TPSA) is 41.1 Å². The van der Waals surface area contributed by atoms with Crippen molar-refractivity contribution in [2.45, 2.75) is 26.3 Å². The minimum absolute atomic E-state index is 0.400. The molecule has 2 aromatic heterocycles. The first-order valence-corrected chi connectivity index (χ1v) is 7.26. The van der Waals surface area contributed by atoms with Crippen LogP contribution >= 0.6 is 11.3 Å². The number of nitrogens with zero attached hydrogens (tertiary/aromatic N) is 3. The molecule has 0 amide bonds. The molecule has 2 aromatic rings. The van der Waals surface area contributed by atoms with Crippen molar-refractivity contribution in [3.05, 3.63) is 34.2 Å². The molecule has 1 atom stereocenters. The highest BCUT2D eigenvalue weighted by Gasteiger charge is 2.15. The number of hydrogen-bond donors (Lipinski definition) is 1. The van der Waals surface area contributed by atoms with Gasteiger partial charge in [0.1, 0.15) is 5.82 Å². The Labute approximate surface area is 118 Å². The van der Waals surface area contributed by atoms with Crippen LogP contribution < -0.4 is 10.2 Å². The van der Waals surface area contributed by atoms with E-state index >= 15 is 0 Å². The normalized spacial score (nSPS) is 12.2. The minimum atomic E-state index is 0.400. The van der Waals surface area contributed by atoms with Crippen LogP contribution in [0.3, 0.4) is 0 Å². The van der Waals surface area contributed by atoms with Crippen molar-refractivity contribution < 1.29 is 0 Å². The SMILES string of the molecule is CNc1ncc(C)c(N(C)C(C)Cc2cccs2)n1. The molecule has 0 radical (unpaired) electrons. The molecular formula is C14H20N4S. The van der Waals surface area contributed by atoms with E-state index < -0.39 is 0 Å². The van der Waals surface area contributed by atoms with E-state index in [1.165, 1.54) is 4.88 Å². The molecule has 1 N–H and O–H groups in total. The van der Waals surface area contributed by atoms with Gasteiger partial charge in [-0.2, -0.15) is 4.98 Å². The molecule has 1 unspecified atom stereocenters. The van der Waals surface area contributed by atoms with Gasteiger partial charge >= 0.3 is 0 Å². The second-order valence-corrected chi connectivity index (χ2v) is 5.73. The summed E-state index contributed by atoms with van der Waals surface area (Å²) in [5.41, 5.74) is 1.10. The highest BCUT2D eigenvalue weighted by Crippen LogP contribution is 2.21. The zero-order valence-corrected chi connectivity index (χ0v) is 12.7. The smallest absolute Gasteiger partial charge is 0.224 e. The van der Waals surface area contributed by atoms with Crippen molar-refractivity contribution in [3.63, 3.8) is 0 Å². The quantitative estimate of drug-likeness (QED) is 0.911. The lowest BCUT2D eigenvalue weighted by molar-refractivity contribution is 0.677. The van der Waals surface area contributed by atoms with Gasteiger partial charge in [0.25, 0.3) is 0 Å². The minimum Gasteiger partial charge on any atom is -0.357 e. The van der Waals surface area contributed by atoms with Crippen LogP contribution in [0, 0.1) is 6.92 Å². The number of aryl methyl sites for hydroxylation is 1. The van der Waals surface area contributed by atoms with E-state index in [-0.39, 0.29) is 0 Å². The van der Waals surface area contributed by atoms with Crippen molar-refractivity contribution in [2.24, 2.45) is 0 Å². The third kappa shape index (κ3) is 3.23. The Kier molecular flexibility index (Phi) is 4.37. The van der Waals surface area contributed by atoms with Crippen molar-refractivity contribution in [2.75, 3.05) is 24.3 Å². The Morgan fingerprint density at radius 1 is 1.47 bits per heavy atom. The van der Waals surface area contributed by atoms with Gasteiger partial charge in [-0.05, 0) is 25.3 Å². The van der Waals surface area contributed by atoms with Crippen LogP contribution in [0.5, 0.6) is 0 Å². The fraction of sp³-hybridized carbons (Fsp3) is 0.429. The van der Waals surface area contributed by atoms with Crippen molar-refractivity contribution in [3.8, 4) is 0 Å². The van der Waals surface area contributed by atoms with Gasteiger partial charge < -0.3 is 10.2 Å². The van der Waals surface area contributed by atoms with E-state index in [0.717, 1.165) is 17.8 Å². The number of anilines is 2. The number of rotatable bonds is 5. The van der Waals surface area contributed by atoms with E-state index in [2.05, 4.69) is 51.7 Å². The summed E-state index contributed by atoms with van der Waals surface area (Å²) in [6.45, 7) is 4.27. The zero-order valence-electron chi connectivity index (χ0n) is 11.8. The Morgan fingerprint density at radius 3 is 2.89 bits per heavy atom. The van der Waals surface area contributed by atoms with Crippen LogP contribution in [0.25, 0.3) is 0 Å². The van der Waals surface area contributed by atoms with Gasteiger partial charge in [-0.25, -0.2) is 4.98 Å². The predicted octanol–water partition coefficient (Wildman–Crippen LogP) is 2.96. The Morgan fingerprint density at radius 2 is 2.26 bits per heavy atom. The maximum absolute atomic E-state index is 4.55. The summed E-state index contributed by atoms with van der Waals surface area (Å²) in [7, 11) is 3.93.